The minimum absolute atomic E-state index is 0.357. The fourth-order valence-corrected chi connectivity index (χ4v) is 3.37. The van der Waals surface area contributed by atoms with Crippen molar-refractivity contribution in [2.45, 2.75) is 45.1 Å². The smallest absolute Gasteiger partial charge is 0.250 e. The Balaban J connectivity index is 1.90. The van der Waals surface area contributed by atoms with E-state index in [9.17, 15) is 4.79 Å². The summed E-state index contributed by atoms with van der Waals surface area (Å²) in [5.41, 5.74) is 6.48. The number of rotatable bonds is 4. The zero-order chi connectivity index (χ0) is 15.5. The highest BCUT2D eigenvalue weighted by Gasteiger charge is 2.21. The third-order valence-corrected chi connectivity index (χ3v) is 4.65. The van der Waals surface area contributed by atoms with Gasteiger partial charge in [0.15, 0.2) is 0 Å². The number of nitrogens with one attached hydrogen (secondary N) is 1. The van der Waals surface area contributed by atoms with Crippen LogP contribution in [0.25, 0.3) is 10.9 Å². The molecular formula is C17H22N4O. The summed E-state index contributed by atoms with van der Waals surface area (Å²) in [6, 6.07) is 5.81. The van der Waals surface area contributed by atoms with Crippen molar-refractivity contribution in [2.75, 3.05) is 5.32 Å². The van der Waals surface area contributed by atoms with Crippen molar-refractivity contribution >= 4 is 22.6 Å². The number of aromatic nitrogens is 2. The van der Waals surface area contributed by atoms with Gasteiger partial charge in [0, 0.05) is 11.4 Å². The predicted molar refractivity (Wildman–Crippen MR) is 87.7 cm³/mol. The highest BCUT2D eigenvalue weighted by atomic mass is 16.1. The van der Waals surface area contributed by atoms with Crippen LogP contribution in [-0.2, 0) is 0 Å². The second kappa shape index (κ2) is 6.30. The number of para-hydroxylation sites is 1. The topological polar surface area (TPSA) is 80.9 Å². The highest BCUT2D eigenvalue weighted by Crippen LogP contribution is 2.29. The molecule has 0 unspecified atom stereocenters. The van der Waals surface area contributed by atoms with E-state index in [1.54, 1.807) is 6.07 Å². The Morgan fingerprint density at radius 1 is 1.27 bits per heavy atom. The van der Waals surface area contributed by atoms with Gasteiger partial charge in [-0.15, -0.1) is 0 Å². The Kier molecular flexibility index (Phi) is 4.22. The fourth-order valence-electron chi connectivity index (χ4n) is 3.37. The van der Waals surface area contributed by atoms with Gasteiger partial charge in [-0.2, -0.15) is 0 Å². The van der Waals surface area contributed by atoms with Crippen LogP contribution in [0.4, 0.5) is 5.82 Å². The van der Waals surface area contributed by atoms with E-state index in [0.717, 1.165) is 11.2 Å². The average molecular weight is 298 g/mol. The molecule has 1 atom stereocenters. The van der Waals surface area contributed by atoms with Crippen molar-refractivity contribution in [2.24, 2.45) is 11.7 Å². The lowest BCUT2D eigenvalue weighted by Gasteiger charge is -2.28. The molecule has 116 valence electrons. The van der Waals surface area contributed by atoms with Crippen LogP contribution in [-0.4, -0.2) is 21.9 Å². The molecule has 1 heterocycles. The lowest BCUT2D eigenvalue weighted by Crippen LogP contribution is -2.28. The maximum Gasteiger partial charge on any atom is 0.250 e. The number of nitrogens with two attached hydrogens (primary N) is 1. The number of hydrogen-bond donors (Lipinski definition) is 2. The lowest BCUT2D eigenvalue weighted by molar-refractivity contribution is 0.100. The molecule has 2 aromatic rings. The van der Waals surface area contributed by atoms with E-state index in [2.05, 4.69) is 22.2 Å². The standard InChI is InChI=1S/C17H22N4O/c1-11(12-6-3-2-4-7-12)21-17-14-9-5-8-13(16(18)22)15(14)19-10-20-17/h5,8-12H,2-4,6-7H2,1H3,(H2,18,22)(H,19,20,21)/t11-/m1/s1. The van der Waals surface area contributed by atoms with Gasteiger partial charge in [-0.1, -0.05) is 25.3 Å². The van der Waals surface area contributed by atoms with Crippen molar-refractivity contribution in [1.82, 2.24) is 9.97 Å². The highest BCUT2D eigenvalue weighted by molar-refractivity contribution is 6.06. The van der Waals surface area contributed by atoms with E-state index >= 15 is 0 Å². The van der Waals surface area contributed by atoms with Gasteiger partial charge in [0.1, 0.15) is 12.1 Å². The van der Waals surface area contributed by atoms with E-state index in [-0.39, 0.29) is 0 Å². The number of fused-ring (bicyclic) bond motifs is 1. The fraction of sp³-hybridized carbons (Fsp3) is 0.471. The summed E-state index contributed by atoms with van der Waals surface area (Å²) in [5.74, 6) is 1.000. The Labute approximate surface area is 130 Å². The second-order valence-corrected chi connectivity index (χ2v) is 6.12. The largest absolute Gasteiger partial charge is 0.367 e. The summed E-state index contributed by atoms with van der Waals surface area (Å²) in [6.45, 7) is 2.21. The predicted octanol–water partition coefficient (Wildman–Crippen LogP) is 3.11. The van der Waals surface area contributed by atoms with E-state index in [1.807, 2.05) is 12.1 Å². The summed E-state index contributed by atoms with van der Waals surface area (Å²) in [4.78, 5) is 20.1. The number of amides is 1. The van der Waals surface area contributed by atoms with Crippen molar-refractivity contribution < 1.29 is 4.79 Å². The first-order valence-corrected chi connectivity index (χ1v) is 7.97. The molecule has 0 radical (unpaired) electrons. The van der Waals surface area contributed by atoms with Crippen molar-refractivity contribution in [3.8, 4) is 0 Å². The van der Waals surface area contributed by atoms with E-state index in [1.165, 1.54) is 38.4 Å². The van der Waals surface area contributed by atoms with E-state index in [0.29, 0.717) is 23.0 Å². The molecule has 5 heteroatoms. The molecular weight excluding hydrogens is 276 g/mol. The molecule has 0 spiro atoms. The third-order valence-electron chi connectivity index (χ3n) is 4.65. The van der Waals surface area contributed by atoms with Crippen LogP contribution >= 0.6 is 0 Å². The van der Waals surface area contributed by atoms with Crippen LogP contribution in [0.3, 0.4) is 0 Å². The number of benzene rings is 1. The molecule has 1 saturated carbocycles. The van der Waals surface area contributed by atoms with Gasteiger partial charge in [-0.25, -0.2) is 9.97 Å². The molecule has 22 heavy (non-hydrogen) atoms. The Bertz CT molecular complexity index is 679. The van der Waals surface area contributed by atoms with Gasteiger partial charge >= 0.3 is 0 Å². The average Bonchev–Trinajstić information content (AvgIpc) is 2.55. The summed E-state index contributed by atoms with van der Waals surface area (Å²) < 4.78 is 0. The molecule has 3 rings (SSSR count). The number of nitrogens with zero attached hydrogens (tertiary/aromatic N) is 2. The molecule has 1 aliphatic rings. The lowest BCUT2D eigenvalue weighted by atomic mass is 9.84. The molecule has 1 aromatic heterocycles. The molecule has 1 amide bonds. The minimum atomic E-state index is -0.462. The number of primary amides is 1. The minimum Gasteiger partial charge on any atom is -0.367 e. The van der Waals surface area contributed by atoms with Gasteiger partial charge in [0.25, 0.3) is 5.91 Å². The summed E-state index contributed by atoms with van der Waals surface area (Å²) in [5, 5.41) is 4.37. The maximum atomic E-state index is 11.5. The Morgan fingerprint density at radius 3 is 2.77 bits per heavy atom. The molecule has 0 aliphatic heterocycles. The Morgan fingerprint density at radius 2 is 2.05 bits per heavy atom. The third kappa shape index (κ3) is 2.89. The SMILES string of the molecule is C[C@@H](Nc1ncnc2c(C(N)=O)cccc12)C1CCCCC1. The number of carbonyl (C=O) groups excluding carboxylic acids is 1. The Hall–Kier alpha value is -2.17. The summed E-state index contributed by atoms with van der Waals surface area (Å²) in [6.07, 6.45) is 8.00. The molecule has 0 saturated heterocycles. The molecule has 3 N–H and O–H groups in total. The van der Waals surface area contributed by atoms with Crippen LogP contribution in [0.5, 0.6) is 0 Å². The maximum absolute atomic E-state index is 11.5. The van der Waals surface area contributed by atoms with E-state index in [4.69, 9.17) is 5.73 Å². The molecule has 5 nitrogen and oxygen atoms in total. The quantitative estimate of drug-likeness (QED) is 0.908. The van der Waals surface area contributed by atoms with Gasteiger partial charge in [-0.05, 0) is 37.8 Å². The number of carbonyl (C=O) groups is 1. The second-order valence-electron chi connectivity index (χ2n) is 6.12. The first-order valence-electron chi connectivity index (χ1n) is 7.97. The van der Waals surface area contributed by atoms with Gasteiger partial charge in [-0.3, -0.25) is 4.79 Å². The monoisotopic (exact) mass is 298 g/mol. The van der Waals surface area contributed by atoms with Crippen LogP contribution in [0.15, 0.2) is 24.5 Å². The molecule has 1 fully saturated rings. The number of anilines is 1. The first-order chi connectivity index (χ1) is 10.7. The molecule has 0 bridgehead atoms. The number of hydrogen-bond acceptors (Lipinski definition) is 4. The van der Waals surface area contributed by atoms with Gasteiger partial charge in [0.05, 0.1) is 11.1 Å². The zero-order valence-electron chi connectivity index (χ0n) is 12.9. The molecule has 1 aromatic carbocycles. The summed E-state index contributed by atoms with van der Waals surface area (Å²) >= 11 is 0. The van der Waals surface area contributed by atoms with E-state index < -0.39 is 5.91 Å². The van der Waals surface area contributed by atoms with Crippen LogP contribution in [0, 0.1) is 5.92 Å². The van der Waals surface area contributed by atoms with Crippen LogP contribution < -0.4 is 11.1 Å². The first kappa shape index (κ1) is 14.8. The zero-order valence-corrected chi connectivity index (χ0v) is 12.9. The molecule has 1 aliphatic carbocycles. The summed E-state index contributed by atoms with van der Waals surface area (Å²) in [7, 11) is 0. The van der Waals surface area contributed by atoms with Gasteiger partial charge in [0.2, 0.25) is 0 Å². The van der Waals surface area contributed by atoms with Crippen LogP contribution in [0.1, 0.15) is 49.4 Å². The van der Waals surface area contributed by atoms with Gasteiger partial charge < -0.3 is 11.1 Å². The normalized spacial score (nSPS) is 17.3. The van der Waals surface area contributed by atoms with Crippen LogP contribution in [0.2, 0.25) is 0 Å². The van der Waals surface area contributed by atoms with Crippen molar-refractivity contribution in [3.05, 3.63) is 30.1 Å². The van der Waals surface area contributed by atoms with Crippen molar-refractivity contribution in [3.63, 3.8) is 0 Å². The van der Waals surface area contributed by atoms with Crippen molar-refractivity contribution in [1.29, 1.82) is 0 Å².